The van der Waals surface area contributed by atoms with Crippen molar-refractivity contribution in [3.63, 3.8) is 0 Å². The van der Waals surface area contributed by atoms with Gasteiger partial charge in [-0.1, -0.05) is 0 Å². The summed E-state index contributed by atoms with van der Waals surface area (Å²) in [7, 11) is -1.68. The van der Waals surface area contributed by atoms with E-state index in [9.17, 15) is 12.8 Å². The van der Waals surface area contributed by atoms with Crippen LogP contribution in [0.5, 0.6) is 0 Å². The van der Waals surface area contributed by atoms with E-state index < -0.39 is 15.8 Å². The van der Waals surface area contributed by atoms with Crippen molar-refractivity contribution in [2.75, 3.05) is 16.3 Å². The Bertz CT molecular complexity index is 756. The smallest absolute Gasteiger partial charge is 0.229 e. The largest absolute Gasteiger partial charge is 0.381 e. The third-order valence-electron chi connectivity index (χ3n) is 2.86. The van der Waals surface area contributed by atoms with Gasteiger partial charge in [-0.15, -0.1) is 0 Å². The molecule has 1 aromatic heterocycles. The third-order valence-corrected chi connectivity index (χ3v) is 3.45. The molecule has 0 aliphatic carbocycles. The van der Waals surface area contributed by atoms with Crippen LogP contribution >= 0.6 is 0 Å². The van der Waals surface area contributed by atoms with E-state index in [1.807, 2.05) is 20.2 Å². The van der Waals surface area contributed by atoms with Gasteiger partial charge in [0.15, 0.2) is 0 Å². The summed E-state index contributed by atoms with van der Waals surface area (Å²) in [6.45, 7) is 2.42. The van der Waals surface area contributed by atoms with Crippen molar-refractivity contribution in [3.8, 4) is 0 Å². The molecule has 21 heavy (non-hydrogen) atoms. The maximum Gasteiger partial charge on any atom is 0.229 e. The van der Waals surface area contributed by atoms with Gasteiger partial charge in [-0.2, -0.15) is 5.10 Å². The second-order valence-corrected chi connectivity index (χ2v) is 6.58. The number of hydrogen-bond donors (Lipinski definition) is 2. The number of halogens is 1. The number of nitrogens with one attached hydrogen (secondary N) is 2. The minimum atomic E-state index is -3.52. The van der Waals surface area contributed by atoms with Crippen LogP contribution in [0.2, 0.25) is 0 Å². The molecule has 0 fully saturated rings. The molecule has 0 spiro atoms. The summed E-state index contributed by atoms with van der Waals surface area (Å²) in [5.74, 6) is -0.622. The lowest BCUT2D eigenvalue weighted by Gasteiger charge is -2.10. The highest BCUT2D eigenvalue weighted by molar-refractivity contribution is 7.92. The first-order valence-electron chi connectivity index (χ1n) is 6.25. The molecule has 0 unspecified atom stereocenters. The minimum absolute atomic E-state index is 0.0783. The van der Waals surface area contributed by atoms with Crippen molar-refractivity contribution >= 4 is 21.4 Å². The summed E-state index contributed by atoms with van der Waals surface area (Å²) in [4.78, 5) is 0. The molecular formula is C13H17FN4O2S. The number of aromatic nitrogens is 2. The number of hydrogen-bond acceptors (Lipinski definition) is 4. The molecule has 0 amide bonds. The first-order chi connectivity index (χ1) is 9.74. The molecular weight excluding hydrogens is 295 g/mol. The van der Waals surface area contributed by atoms with Crippen LogP contribution < -0.4 is 10.0 Å². The van der Waals surface area contributed by atoms with E-state index in [0.717, 1.165) is 17.5 Å². The Hall–Kier alpha value is -2.09. The van der Waals surface area contributed by atoms with Gasteiger partial charge in [0.25, 0.3) is 0 Å². The SMILES string of the molecule is Cc1nn(C)cc1CNc1ccc(F)c(NS(C)(=O)=O)c1. The molecule has 1 aromatic carbocycles. The molecule has 2 N–H and O–H groups in total. The minimum Gasteiger partial charge on any atom is -0.381 e. The average molecular weight is 312 g/mol. The van der Waals surface area contributed by atoms with Crippen molar-refractivity contribution in [2.45, 2.75) is 13.5 Å². The predicted molar refractivity (Wildman–Crippen MR) is 80.1 cm³/mol. The fourth-order valence-corrected chi connectivity index (χ4v) is 2.49. The Morgan fingerprint density at radius 3 is 2.67 bits per heavy atom. The van der Waals surface area contributed by atoms with Gasteiger partial charge in [0, 0.05) is 31.0 Å². The highest BCUT2D eigenvalue weighted by atomic mass is 32.2. The van der Waals surface area contributed by atoms with Crippen LogP contribution in [-0.2, 0) is 23.6 Å². The Kier molecular flexibility index (Phi) is 4.17. The van der Waals surface area contributed by atoms with Crippen molar-refractivity contribution in [3.05, 3.63) is 41.5 Å². The van der Waals surface area contributed by atoms with Gasteiger partial charge in [-0.3, -0.25) is 9.40 Å². The Morgan fingerprint density at radius 2 is 2.10 bits per heavy atom. The molecule has 0 aliphatic heterocycles. The molecule has 0 saturated carbocycles. The normalized spacial score (nSPS) is 11.4. The Labute approximate surface area is 123 Å². The van der Waals surface area contributed by atoms with E-state index >= 15 is 0 Å². The maximum absolute atomic E-state index is 13.6. The molecule has 8 heteroatoms. The van der Waals surface area contributed by atoms with Crippen molar-refractivity contribution in [1.29, 1.82) is 0 Å². The van der Waals surface area contributed by atoms with Crippen LogP contribution in [0.3, 0.4) is 0 Å². The Balaban J connectivity index is 2.14. The zero-order chi connectivity index (χ0) is 15.6. The van der Waals surface area contributed by atoms with Gasteiger partial charge in [0.05, 0.1) is 17.6 Å². The molecule has 114 valence electrons. The number of aryl methyl sites for hydroxylation is 2. The lowest BCUT2D eigenvalue weighted by atomic mass is 10.2. The lowest BCUT2D eigenvalue weighted by molar-refractivity contribution is 0.604. The molecule has 0 bridgehead atoms. The average Bonchev–Trinajstić information content (AvgIpc) is 2.67. The van der Waals surface area contributed by atoms with Crippen LogP contribution in [0.4, 0.5) is 15.8 Å². The zero-order valence-corrected chi connectivity index (χ0v) is 12.8. The quantitative estimate of drug-likeness (QED) is 0.883. The third kappa shape index (κ3) is 4.19. The highest BCUT2D eigenvalue weighted by Crippen LogP contribution is 2.21. The van der Waals surface area contributed by atoms with Crippen molar-refractivity contribution in [1.82, 2.24) is 9.78 Å². The van der Waals surface area contributed by atoms with E-state index in [-0.39, 0.29) is 5.69 Å². The van der Waals surface area contributed by atoms with E-state index in [2.05, 4.69) is 15.1 Å². The van der Waals surface area contributed by atoms with Crippen molar-refractivity contribution in [2.24, 2.45) is 7.05 Å². The number of nitrogens with zero attached hydrogens (tertiary/aromatic N) is 2. The first-order valence-corrected chi connectivity index (χ1v) is 8.14. The molecule has 1 heterocycles. The van der Waals surface area contributed by atoms with Gasteiger partial charge in [0.1, 0.15) is 5.82 Å². The second-order valence-electron chi connectivity index (χ2n) is 4.84. The molecule has 0 atom stereocenters. The Morgan fingerprint density at radius 1 is 1.38 bits per heavy atom. The van der Waals surface area contributed by atoms with Crippen LogP contribution in [0, 0.1) is 12.7 Å². The summed E-state index contributed by atoms with van der Waals surface area (Å²) >= 11 is 0. The number of benzene rings is 1. The molecule has 2 rings (SSSR count). The standard InChI is InChI=1S/C13H17FN4O2S/c1-9-10(8-18(2)16-9)7-15-11-4-5-12(14)13(6-11)17-21(3,19)20/h4-6,8,15,17H,7H2,1-3H3. The summed E-state index contributed by atoms with van der Waals surface area (Å²) < 4.78 is 39.8. The summed E-state index contributed by atoms with van der Waals surface area (Å²) in [6, 6.07) is 4.18. The van der Waals surface area contributed by atoms with Gasteiger partial charge < -0.3 is 5.32 Å². The van der Waals surface area contributed by atoms with Crippen molar-refractivity contribution < 1.29 is 12.8 Å². The van der Waals surface area contributed by atoms with E-state index in [1.54, 1.807) is 10.7 Å². The number of sulfonamides is 1. The summed E-state index contributed by atoms with van der Waals surface area (Å²) in [6.07, 6.45) is 2.87. The van der Waals surface area contributed by atoms with Gasteiger partial charge >= 0.3 is 0 Å². The fourth-order valence-electron chi connectivity index (χ4n) is 1.93. The maximum atomic E-state index is 13.6. The van der Waals surface area contributed by atoms with Gasteiger partial charge in [0.2, 0.25) is 10.0 Å². The highest BCUT2D eigenvalue weighted by Gasteiger charge is 2.09. The molecule has 0 radical (unpaired) electrons. The topological polar surface area (TPSA) is 76.0 Å². The van der Waals surface area contributed by atoms with E-state index in [4.69, 9.17) is 0 Å². The molecule has 0 aliphatic rings. The summed E-state index contributed by atoms with van der Waals surface area (Å²) in [5.41, 5.74) is 2.46. The summed E-state index contributed by atoms with van der Waals surface area (Å²) in [5, 5.41) is 7.34. The second kappa shape index (κ2) is 5.72. The van der Waals surface area contributed by atoms with Crippen LogP contribution in [0.1, 0.15) is 11.3 Å². The number of anilines is 2. The number of rotatable bonds is 5. The van der Waals surface area contributed by atoms with Crippen LogP contribution in [0.25, 0.3) is 0 Å². The first kappa shape index (κ1) is 15.3. The zero-order valence-electron chi connectivity index (χ0n) is 12.0. The lowest BCUT2D eigenvalue weighted by Crippen LogP contribution is -2.11. The van der Waals surface area contributed by atoms with Crippen LogP contribution in [0.15, 0.2) is 24.4 Å². The molecule has 2 aromatic rings. The molecule has 6 nitrogen and oxygen atoms in total. The molecule has 0 saturated heterocycles. The van der Waals surface area contributed by atoms with Gasteiger partial charge in [-0.25, -0.2) is 12.8 Å². The van der Waals surface area contributed by atoms with Crippen LogP contribution in [-0.4, -0.2) is 24.5 Å². The monoisotopic (exact) mass is 312 g/mol. The fraction of sp³-hybridized carbons (Fsp3) is 0.308. The van der Waals surface area contributed by atoms with E-state index in [0.29, 0.717) is 12.2 Å². The van der Waals surface area contributed by atoms with Gasteiger partial charge in [-0.05, 0) is 25.1 Å². The van der Waals surface area contributed by atoms with E-state index in [1.165, 1.54) is 12.1 Å². The predicted octanol–water partition coefficient (Wildman–Crippen LogP) is 1.85.